The van der Waals surface area contributed by atoms with Crippen molar-refractivity contribution in [2.24, 2.45) is 0 Å². The Hall–Kier alpha value is -6.12. The van der Waals surface area contributed by atoms with Crippen molar-refractivity contribution in [2.75, 3.05) is 11.1 Å². The lowest BCUT2D eigenvalue weighted by Crippen LogP contribution is -2.36. The number of amides is 2. The van der Waals surface area contributed by atoms with Gasteiger partial charge in [-0.2, -0.15) is 0 Å². The summed E-state index contributed by atoms with van der Waals surface area (Å²) >= 11 is 0. The number of carbonyl (C=O) groups is 3. The van der Waals surface area contributed by atoms with Gasteiger partial charge in [0.05, 0.1) is 11.6 Å². The molecule has 7 N–H and O–H groups in total. The molecule has 15 nitrogen and oxygen atoms in total. The number of aromatic carboxylic acids is 1. The fourth-order valence-electron chi connectivity index (χ4n) is 4.36. The fraction of sp³-hybridized carbons (Fsp3) is 0.143. The molecule has 0 spiro atoms. The highest BCUT2D eigenvalue weighted by atomic mass is 16.4. The summed E-state index contributed by atoms with van der Waals surface area (Å²) in [7, 11) is 0. The number of hydrogen-bond donors (Lipinski definition) is 6. The summed E-state index contributed by atoms with van der Waals surface area (Å²) in [5, 5.41) is 23.4. The molecule has 0 aliphatic carbocycles. The van der Waals surface area contributed by atoms with Crippen LogP contribution >= 0.6 is 0 Å². The number of rotatable bonds is 10. The standard InChI is InChI=1S/C28H24N8O7/c1-13(16-5-7-17(8-6-16)26(41)42)32-24(39)18-10-19(36-27(33-18)34-35-28(36)43)25(40)31-12-15-4-2-3-14(9-15)11-30-21-20(29)22(37)23(21)38/h2-10,13,30H,11-12,29H2,1H3,(H,31,40)(H,32,39)(H,35,43)(H,41,42)/t13-/m1/s1. The topological polar surface area (TPSA) is 231 Å². The normalized spacial score (nSPS) is 11.7. The Morgan fingerprint density at radius 2 is 1.67 bits per heavy atom. The minimum absolute atomic E-state index is 0.0518. The highest BCUT2D eigenvalue weighted by Crippen LogP contribution is 2.16. The van der Waals surface area contributed by atoms with Crippen molar-refractivity contribution in [1.29, 1.82) is 0 Å². The molecule has 43 heavy (non-hydrogen) atoms. The quantitative estimate of drug-likeness (QED) is 0.122. The van der Waals surface area contributed by atoms with Gasteiger partial charge in [-0.1, -0.05) is 36.4 Å². The Labute approximate surface area is 241 Å². The average Bonchev–Trinajstić information content (AvgIpc) is 3.39. The van der Waals surface area contributed by atoms with Crippen LogP contribution < -0.4 is 38.2 Å². The van der Waals surface area contributed by atoms with E-state index in [1.807, 2.05) is 0 Å². The molecule has 5 rings (SSSR count). The van der Waals surface area contributed by atoms with Gasteiger partial charge in [-0.25, -0.2) is 24.1 Å². The zero-order chi connectivity index (χ0) is 30.8. The van der Waals surface area contributed by atoms with Gasteiger partial charge in [-0.15, -0.1) is 5.10 Å². The van der Waals surface area contributed by atoms with Crippen LogP contribution in [-0.4, -0.2) is 42.5 Å². The maximum atomic E-state index is 13.2. The molecular formula is C28H24N8O7. The summed E-state index contributed by atoms with van der Waals surface area (Å²) in [4.78, 5) is 76.8. The summed E-state index contributed by atoms with van der Waals surface area (Å²) in [6.07, 6.45) is 0. The van der Waals surface area contributed by atoms with Gasteiger partial charge < -0.3 is 26.8 Å². The monoisotopic (exact) mass is 584 g/mol. The van der Waals surface area contributed by atoms with E-state index in [0.717, 1.165) is 9.96 Å². The molecule has 15 heteroatoms. The van der Waals surface area contributed by atoms with E-state index in [-0.39, 0.29) is 47.2 Å². The van der Waals surface area contributed by atoms with E-state index in [0.29, 0.717) is 11.1 Å². The highest BCUT2D eigenvalue weighted by molar-refractivity contribution is 5.98. The molecule has 0 aliphatic rings. The van der Waals surface area contributed by atoms with Crippen LogP contribution in [0, 0.1) is 0 Å². The van der Waals surface area contributed by atoms with Crippen LogP contribution in [0.1, 0.15) is 61.0 Å². The third-order valence-corrected chi connectivity index (χ3v) is 6.72. The van der Waals surface area contributed by atoms with Gasteiger partial charge in [-0.05, 0) is 41.8 Å². The summed E-state index contributed by atoms with van der Waals surface area (Å²) in [5.41, 5.74) is 5.22. The Morgan fingerprint density at radius 1 is 0.977 bits per heavy atom. The molecule has 1 atom stereocenters. The Balaban J connectivity index is 1.30. The van der Waals surface area contributed by atoms with Gasteiger partial charge in [0.2, 0.25) is 0 Å². The molecule has 0 bridgehead atoms. The third-order valence-electron chi connectivity index (χ3n) is 6.72. The van der Waals surface area contributed by atoms with Gasteiger partial charge in [0, 0.05) is 13.1 Å². The van der Waals surface area contributed by atoms with E-state index in [2.05, 4.69) is 31.1 Å². The lowest BCUT2D eigenvalue weighted by molar-refractivity contribution is 0.0696. The highest BCUT2D eigenvalue weighted by Gasteiger charge is 2.21. The number of hydrogen-bond acceptors (Lipinski definition) is 10. The number of anilines is 2. The third kappa shape index (κ3) is 5.72. The van der Waals surface area contributed by atoms with E-state index in [1.54, 1.807) is 43.3 Å². The second kappa shape index (κ2) is 11.4. The molecular weight excluding hydrogens is 560 g/mol. The second-order valence-corrected chi connectivity index (χ2v) is 9.62. The van der Waals surface area contributed by atoms with E-state index in [9.17, 15) is 28.8 Å². The first-order valence-corrected chi connectivity index (χ1v) is 12.8. The molecule has 0 radical (unpaired) electrons. The Morgan fingerprint density at radius 3 is 2.35 bits per heavy atom. The first-order chi connectivity index (χ1) is 20.5. The molecule has 2 amide bonds. The van der Waals surface area contributed by atoms with Gasteiger partial charge in [0.1, 0.15) is 22.8 Å². The van der Waals surface area contributed by atoms with E-state index >= 15 is 0 Å². The van der Waals surface area contributed by atoms with Crippen molar-refractivity contribution >= 4 is 34.9 Å². The van der Waals surface area contributed by atoms with Crippen LogP contribution in [0.15, 0.2) is 69.0 Å². The molecule has 2 heterocycles. The molecule has 218 valence electrons. The second-order valence-electron chi connectivity index (χ2n) is 9.62. The largest absolute Gasteiger partial charge is 0.478 e. The molecule has 5 aromatic rings. The molecule has 0 unspecified atom stereocenters. The first kappa shape index (κ1) is 28.4. The number of aromatic amines is 1. The lowest BCUT2D eigenvalue weighted by Gasteiger charge is -2.15. The molecule has 3 aromatic carbocycles. The zero-order valence-electron chi connectivity index (χ0n) is 22.5. The van der Waals surface area contributed by atoms with Crippen LogP contribution in [0.4, 0.5) is 11.4 Å². The Kier molecular flexibility index (Phi) is 7.53. The van der Waals surface area contributed by atoms with Crippen molar-refractivity contribution in [3.8, 4) is 0 Å². The number of nitrogens with zero attached hydrogens (tertiary/aromatic N) is 3. The smallest absolute Gasteiger partial charge is 0.349 e. The molecule has 0 saturated carbocycles. The van der Waals surface area contributed by atoms with Gasteiger partial charge in [0.25, 0.3) is 28.4 Å². The number of nitrogen functional groups attached to an aromatic ring is 1. The van der Waals surface area contributed by atoms with E-state index in [4.69, 9.17) is 10.8 Å². The average molecular weight is 585 g/mol. The van der Waals surface area contributed by atoms with Crippen molar-refractivity contribution in [3.63, 3.8) is 0 Å². The van der Waals surface area contributed by atoms with Crippen LogP contribution in [-0.2, 0) is 13.1 Å². The lowest BCUT2D eigenvalue weighted by atomic mass is 10.1. The van der Waals surface area contributed by atoms with E-state index in [1.165, 1.54) is 18.2 Å². The Bertz CT molecular complexity index is 2020. The predicted octanol–water partition coefficient (Wildman–Crippen LogP) is 0.327. The van der Waals surface area contributed by atoms with Gasteiger partial charge in [0.15, 0.2) is 0 Å². The molecule has 2 aromatic heterocycles. The fourth-order valence-corrected chi connectivity index (χ4v) is 4.36. The predicted molar refractivity (Wildman–Crippen MR) is 154 cm³/mol. The molecule has 0 saturated heterocycles. The van der Waals surface area contributed by atoms with Crippen molar-refractivity contribution in [3.05, 3.63) is 119 Å². The van der Waals surface area contributed by atoms with Crippen molar-refractivity contribution in [2.45, 2.75) is 26.1 Å². The number of carboxylic acids is 1. The minimum Gasteiger partial charge on any atom is -0.478 e. The first-order valence-electron chi connectivity index (χ1n) is 12.8. The maximum absolute atomic E-state index is 13.2. The van der Waals surface area contributed by atoms with Gasteiger partial charge in [-0.3, -0.25) is 19.2 Å². The summed E-state index contributed by atoms with van der Waals surface area (Å²) in [6, 6.07) is 13.7. The van der Waals surface area contributed by atoms with Crippen molar-refractivity contribution in [1.82, 2.24) is 30.2 Å². The molecule has 0 fully saturated rings. The number of carbonyl (C=O) groups excluding carboxylic acids is 2. The minimum atomic E-state index is -1.07. The SMILES string of the molecule is C[C@@H](NC(=O)c1cc(C(=O)NCc2cccc(CNc3c(N)c(=O)c3=O)c2)n2c(=O)[nH]nc2n1)c1ccc(C(=O)O)cc1. The number of nitrogens with two attached hydrogens (primary N) is 1. The molecule has 0 aliphatic heterocycles. The number of aromatic nitrogens is 4. The number of benzene rings is 2. The summed E-state index contributed by atoms with van der Waals surface area (Å²) in [6.45, 7) is 1.96. The van der Waals surface area contributed by atoms with E-state index < -0.39 is 40.4 Å². The summed E-state index contributed by atoms with van der Waals surface area (Å²) < 4.78 is 0.940. The zero-order valence-corrected chi connectivity index (χ0v) is 22.5. The van der Waals surface area contributed by atoms with Gasteiger partial charge >= 0.3 is 11.7 Å². The van der Waals surface area contributed by atoms with Crippen LogP contribution in [0.3, 0.4) is 0 Å². The van der Waals surface area contributed by atoms with Crippen molar-refractivity contribution < 1.29 is 19.5 Å². The maximum Gasteiger partial charge on any atom is 0.349 e. The summed E-state index contributed by atoms with van der Waals surface area (Å²) in [5.74, 6) is -2.59. The number of fused-ring (bicyclic) bond motifs is 1. The van der Waals surface area contributed by atoms with Crippen LogP contribution in [0.5, 0.6) is 0 Å². The van der Waals surface area contributed by atoms with Crippen LogP contribution in [0.2, 0.25) is 0 Å². The number of carboxylic acid groups (broad SMARTS) is 1. The van der Waals surface area contributed by atoms with Crippen LogP contribution in [0.25, 0.3) is 5.78 Å². The number of nitrogens with one attached hydrogen (secondary N) is 4. The number of H-pyrrole nitrogens is 1.